The fourth-order valence-electron chi connectivity index (χ4n) is 1.33. The summed E-state index contributed by atoms with van der Waals surface area (Å²) in [7, 11) is 0. The molecule has 0 atom stereocenters. The molecule has 2 heterocycles. The van der Waals surface area contributed by atoms with Crippen LogP contribution in [0, 0.1) is 11.8 Å². The zero-order valence-electron chi connectivity index (χ0n) is 10.1. The van der Waals surface area contributed by atoms with E-state index < -0.39 is 11.9 Å². The minimum atomic E-state index is -1.10. The van der Waals surface area contributed by atoms with Gasteiger partial charge in [-0.25, -0.2) is 19.6 Å². The van der Waals surface area contributed by atoms with E-state index >= 15 is 0 Å². The van der Waals surface area contributed by atoms with Gasteiger partial charge >= 0.3 is 11.9 Å². The normalized spacial score (nSPS) is 9.40. The van der Waals surface area contributed by atoms with Gasteiger partial charge in [0.25, 0.3) is 0 Å². The Hall–Kier alpha value is -3.20. The number of carbonyl (C=O) groups is 2. The monoisotopic (exact) mass is 268 g/mol. The summed E-state index contributed by atoms with van der Waals surface area (Å²) in [5.41, 5.74) is 1.00. The highest BCUT2D eigenvalue weighted by atomic mass is 16.4. The summed E-state index contributed by atoms with van der Waals surface area (Å²) in [6.07, 6.45) is 2.71. The maximum atomic E-state index is 10.6. The summed E-state index contributed by atoms with van der Waals surface area (Å²) in [5.74, 6) is 3.37. The molecule has 0 spiro atoms. The molecule has 0 saturated carbocycles. The molecule has 0 amide bonds. The smallest absolute Gasteiger partial charge is 0.354 e. The predicted molar refractivity (Wildman–Crippen MR) is 68.4 cm³/mol. The summed E-state index contributed by atoms with van der Waals surface area (Å²) in [6.45, 7) is 0. The Kier molecular flexibility index (Phi) is 3.72. The summed E-state index contributed by atoms with van der Waals surface area (Å²) in [6, 6.07) is 5.81. The third-order valence-corrected chi connectivity index (χ3v) is 2.32. The van der Waals surface area contributed by atoms with Crippen molar-refractivity contribution in [1.29, 1.82) is 0 Å². The highest BCUT2D eigenvalue weighted by molar-refractivity contribution is 5.85. The van der Waals surface area contributed by atoms with E-state index in [9.17, 15) is 9.59 Å². The number of carboxylic acid groups (broad SMARTS) is 2. The standard InChI is InChI=1S/C14H8N2O4/c17-13(18)11-5-3-9(7-15-11)1-2-10-4-6-12(14(19)20)16-8-10/h3-8H,(H,17,18)(H,19,20). The van der Waals surface area contributed by atoms with Crippen LogP contribution in [0.4, 0.5) is 0 Å². The largest absolute Gasteiger partial charge is 0.477 e. The van der Waals surface area contributed by atoms with Gasteiger partial charge in [-0.05, 0) is 24.3 Å². The number of aromatic carboxylic acids is 2. The van der Waals surface area contributed by atoms with Crippen LogP contribution in [-0.2, 0) is 0 Å². The summed E-state index contributed by atoms with van der Waals surface area (Å²) in [5, 5.41) is 17.4. The molecule has 0 aliphatic rings. The first-order valence-electron chi connectivity index (χ1n) is 5.47. The molecule has 0 aromatic carbocycles. The molecular weight excluding hydrogens is 260 g/mol. The van der Waals surface area contributed by atoms with Gasteiger partial charge in [-0.1, -0.05) is 11.8 Å². The molecule has 0 radical (unpaired) electrons. The lowest BCUT2D eigenvalue weighted by atomic mass is 10.2. The van der Waals surface area contributed by atoms with Crippen molar-refractivity contribution in [3.05, 3.63) is 59.2 Å². The van der Waals surface area contributed by atoms with E-state index in [1.165, 1.54) is 24.5 Å². The Morgan fingerprint density at radius 1 is 0.800 bits per heavy atom. The maximum Gasteiger partial charge on any atom is 0.354 e. The minimum absolute atomic E-state index is 0.0528. The Labute approximate surface area is 113 Å². The van der Waals surface area contributed by atoms with Gasteiger partial charge in [0.15, 0.2) is 0 Å². The number of nitrogens with zero attached hydrogens (tertiary/aromatic N) is 2. The molecule has 2 aromatic rings. The summed E-state index contributed by atoms with van der Waals surface area (Å²) >= 11 is 0. The van der Waals surface area contributed by atoms with E-state index in [1.807, 2.05) is 0 Å². The molecule has 2 rings (SSSR count). The van der Waals surface area contributed by atoms with Gasteiger partial charge in [0, 0.05) is 23.5 Å². The molecule has 6 heteroatoms. The fourth-order valence-corrected chi connectivity index (χ4v) is 1.33. The fraction of sp³-hybridized carbons (Fsp3) is 0. The van der Waals surface area contributed by atoms with Crippen molar-refractivity contribution in [3.63, 3.8) is 0 Å². The van der Waals surface area contributed by atoms with Gasteiger partial charge in [0.05, 0.1) is 0 Å². The molecule has 6 nitrogen and oxygen atoms in total. The molecule has 0 saturated heterocycles. The molecule has 0 aliphatic carbocycles. The number of pyridine rings is 2. The van der Waals surface area contributed by atoms with Crippen LogP contribution >= 0.6 is 0 Å². The van der Waals surface area contributed by atoms with Gasteiger partial charge in [-0.3, -0.25) is 0 Å². The molecule has 0 aliphatic heterocycles. The van der Waals surface area contributed by atoms with Gasteiger partial charge in [-0.15, -0.1) is 0 Å². The Morgan fingerprint density at radius 3 is 1.45 bits per heavy atom. The van der Waals surface area contributed by atoms with Crippen LogP contribution in [0.3, 0.4) is 0 Å². The van der Waals surface area contributed by atoms with Crippen molar-refractivity contribution < 1.29 is 19.8 Å². The van der Waals surface area contributed by atoms with Crippen LogP contribution in [-0.4, -0.2) is 32.1 Å². The van der Waals surface area contributed by atoms with Crippen molar-refractivity contribution in [1.82, 2.24) is 9.97 Å². The van der Waals surface area contributed by atoms with Crippen molar-refractivity contribution in [2.24, 2.45) is 0 Å². The number of aromatic nitrogens is 2. The highest BCUT2D eigenvalue weighted by Gasteiger charge is 2.03. The lowest BCUT2D eigenvalue weighted by molar-refractivity contribution is 0.0680. The van der Waals surface area contributed by atoms with E-state index in [0.29, 0.717) is 11.1 Å². The van der Waals surface area contributed by atoms with E-state index in [2.05, 4.69) is 21.8 Å². The van der Waals surface area contributed by atoms with Gasteiger partial charge in [0.2, 0.25) is 0 Å². The Bertz CT molecular complexity index is 648. The number of rotatable bonds is 2. The van der Waals surface area contributed by atoms with Gasteiger partial charge < -0.3 is 10.2 Å². The highest BCUT2D eigenvalue weighted by Crippen LogP contribution is 2.01. The van der Waals surface area contributed by atoms with Crippen LogP contribution in [0.1, 0.15) is 32.1 Å². The molecular formula is C14H8N2O4. The summed E-state index contributed by atoms with van der Waals surface area (Å²) < 4.78 is 0. The minimum Gasteiger partial charge on any atom is -0.477 e. The van der Waals surface area contributed by atoms with Crippen LogP contribution in [0.25, 0.3) is 0 Å². The first-order valence-corrected chi connectivity index (χ1v) is 5.47. The second kappa shape index (κ2) is 5.63. The summed E-state index contributed by atoms with van der Waals surface area (Å²) in [4.78, 5) is 28.7. The topological polar surface area (TPSA) is 100 Å². The average molecular weight is 268 g/mol. The molecule has 2 aromatic heterocycles. The molecule has 98 valence electrons. The lowest BCUT2D eigenvalue weighted by Gasteiger charge is -1.94. The third-order valence-electron chi connectivity index (χ3n) is 2.32. The van der Waals surface area contributed by atoms with E-state index in [0.717, 1.165) is 0 Å². The quantitative estimate of drug-likeness (QED) is 0.795. The zero-order chi connectivity index (χ0) is 14.5. The van der Waals surface area contributed by atoms with Crippen molar-refractivity contribution in [2.45, 2.75) is 0 Å². The maximum absolute atomic E-state index is 10.6. The van der Waals surface area contributed by atoms with Gasteiger partial charge in [-0.2, -0.15) is 0 Å². The van der Waals surface area contributed by atoms with Crippen molar-refractivity contribution in [2.75, 3.05) is 0 Å². The van der Waals surface area contributed by atoms with Crippen LogP contribution in [0.15, 0.2) is 36.7 Å². The predicted octanol–water partition coefficient (Wildman–Crippen LogP) is 1.27. The number of carboxylic acids is 2. The van der Waals surface area contributed by atoms with E-state index in [4.69, 9.17) is 10.2 Å². The van der Waals surface area contributed by atoms with Crippen LogP contribution < -0.4 is 0 Å². The average Bonchev–Trinajstić information content (AvgIpc) is 2.46. The van der Waals surface area contributed by atoms with Crippen molar-refractivity contribution >= 4 is 11.9 Å². The Balaban J connectivity index is 2.17. The van der Waals surface area contributed by atoms with E-state index in [1.54, 1.807) is 12.1 Å². The molecule has 0 unspecified atom stereocenters. The van der Waals surface area contributed by atoms with Crippen LogP contribution in [0.5, 0.6) is 0 Å². The molecule has 0 bridgehead atoms. The molecule has 2 N–H and O–H groups in total. The third kappa shape index (κ3) is 3.17. The second-order valence-electron chi connectivity index (χ2n) is 3.72. The first-order chi connectivity index (χ1) is 9.56. The molecule has 0 fully saturated rings. The first kappa shape index (κ1) is 13.2. The van der Waals surface area contributed by atoms with E-state index in [-0.39, 0.29) is 11.4 Å². The van der Waals surface area contributed by atoms with Gasteiger partial charge in [0.1, 0.15) is 11.4 Å². The second-order valence-corrected chi connectivity index (χ2v) is 3.72. The Morgan fingerprint density at radius 2 is 1.20 bits per heavy atom. The SMILES string of the molecule is O=C(O)c1ccc(C#Cc2ccc(C(=O)O)nc2)cn1. The molecule has 20 heavy (non-hydrogen) atoms. The van der Waals surface area contributed by atoms with Crippen molar-refractivity contribution in [3.8, 4) is 11.8 Å². The lowest BCUT2D eigenvalue weighted by Crippen LogP contribution is -1.99. The number of hydrogen-bond donors (Lipinski definition) is 2. The van der Waals surface area contributed by atoms with Crippen LogP contribution in [0.2, 0.25) is 0 Å². The zero-order valence-corrected chi connectivity index (χ0v) is 10.1. The number of hydrogen-bond acceptors (Lipinski definition) is 4.